The maximum atomic E-state index is 12.1. The van der Waals surface area contributed by atoms with Gasteiger partial charge in [-0.15, -0.1) is 0 Å². The Balaban J connectivity index is 1.62. The minimum atomic E-state index is -0.353. The van der Waals surface area contributed by atoms with Crippen molar-refractivity contribution in [2.45, 2.75) is 32.5 Å². The minimum absolute atomic E-state index is 0.155. The van der Waals surface area contributed by atoms with E-state index >= 15 is 0 Å². The Morgan fingerprint density at radius 2 is 1.87 bits per heavy atom. The smallest absolute Gasteiger partial charge is 0.273 e. The molecule has 0 radical (unpaired) electrons. The molecule has 1 N–H and O–H groups in total. The molecule has 160 valence electrons. The predicted octanol–water partition coefficient (Wildman–Crippen LogP) is 3.27. The number of ether oxygens (including phenoxy) is 1. The van der Waals surface area contributed by atoms with Gasteiger partial charge in [0.25, 0.3) is 5.91 Å². The van der Waals surface area contributed by atoms with Crippen LogP contribution in [0.3, 0.4) is 0 Å². The molecule has 7 heteroatoms. The first-order valence-electron chi connectivity index (χ1n) is 9.97. The molecular weight excluding hydrogens is 394 g/mol. The molecule has 1 aliphatic rings. The second kappa shape index (κ2) is 10.8. The molecule has 2 aromatic carbocycles. The second-order valence-electron chi connectivity index (χ2n) is 6.90. The zero-order valence-corrected chi connectivity index (χ0v) is 17.8. The van der Waals surface area contributed by atoms with Crippen molar-refractivity contribution in [3.8, 4) is 17.6 Å². The summed E-state index contributed by atoms with van der Waals surface area (Å²) in [6.45, 7) is 1.92. The minimum Gasteiger partial charge on any atom is -0.490 e. The van der Waals surface area contributed by atoms with Gasteiger partial charge in [0.1, 0.15) is 25.2 Å². The van der Waals surface area contributed by atoms with E-state index in [9.17, 15) is 4.79 Å². The van der Waals surface area contributed by atoms with Crippen molar-refractivity contribution in [1.82, 2.24) is 5.32 Å². The van der Waals surface area contributed by atoms with Crippen molar-refractivity contribution in [2.24, 2.45) is 10.3 Å². The van der Waals surface area contributed by atoms with Crippen molar-refractivity contribution in [3.63, 3.8) is 0 Å². The first-order chi connectivity index (χ1) is 15.1. The highest BCUT2D eigenvalue weighted by atomic mass is 16.6. The molecule has 0 aliphatic heterocycles. The maximum Gasteiger partial charge on any atom is 0.273 e. The van der Waals surface area contributed by atoms with Gasteiger partial charge in [0, 0.05) is 23.7 Å². The number of nitrogens with zero attached hydrogens (tertiary/aromatic N) is 2. The lowest BCUT2D eigenvalue weighted by molar-refractivity contribution is -0.114. The van der Waals surface area contributed by atoms with Crippen LogP contribution in [0, 0.1) is 11.8 Å². The van der Waals surface area contributed by atoms with Crippen LogP contribution in [-0.4, -0.2) is 37.6 Å². The van der Waals surface area contributed by atoms with Gasteiger partial charge >= 0.3 is 0 Å². The molecule has 31 heavy (non-hydrogen) atoms. The van der Waals surface area contributed by atoms with Crippen LogP contribution in [0.2, 0.25) is 0 Å². The molecule has 0 unspecified atom stereocenters. The molecule has 0 heterocycles. The normalized spacial score (nSPS) is 13.6. The Labute approximate surface area is 182 Å². The monoisotopic (exact) mass is 419 g/mol. The average molecular weight is 419 g/mol. The molecule has 0 spiro atoms. The van der Waals surface area contributed by atoms with E-state index in [2.05, 4.69) is 27.5 Å². The van der Waals surface area contributed by atoms with E-state index in [1.165, 1.54) is 14.2 Å². The van der Waals surface area contributed by atoms with Gasteiger partial charge in [-0.25, -0.2) is 0 Å². The summed E-state index contributed by atoms with van der Waals surface area (Å²) in [5.74, 6) is 6.54. The SMILES string of the molecule is CNC(=O)/C(=N/OC)c1ccccc1CO/N=C(\C)C#Cc1ccc(OC2CC2)cc1. The zero-order chi connectivity index (χ0) is 22.1. The van der Waals surface area contributed by atoms with Gasteiger partial charge in [-0.05, 0) is 50.0 Å². The summed E-state index contributed by atoms with van der Waals surface area (Å²) >= 11 is 0. The predicted molar refractivity (Wildman–Crippen MR) is 119 cm³/mol. The number of likely N-dealkylation sites (N-methyl/N-ethyl adjacent to an activating group) is 1. The number of hydrogen-bond acceptors (Lipinski definition) is 6. The third-order valence-corrected chi connectivity index (χ3v) is 4.39. The number of oxime groups is 2. The topological polar surface area (TPSA) is 81.5 Å². The van der Waals surface area contributed by atoms with E-state index in [0.29, 0.717) is 17.4 Å². The highest BCUT2D eigenvalue weighted by Crippen LogP contribution is 2.26. The first-order valence-corrected chi connectivity index (χ1v) is 9.97. The van der Waals surface area contributed by atoms with E-state index in [-0.39, 0.29) is 18.2 Å². The number of nitrogens with one attached hydrogen (secondary N) is 1. The van der Waals surface area contributed by atoms with Gasteiger partial charge in [-0.2, -0.15) is 0 Å². The van der Waals surface area contributed by atoms with E-state index in [1.54, 1.807) is 13.0 Å². The molecule has 1 fully saturated rings. The van der Waals surface area contributed by atoms with E-state index in [1.807, 2.05) is 42.5 Å². The summed E-state index contributed by atoms with van der Waals surface area (Å²) in [5.41, 5.74) is 2.93. The Kier molecular flexibility index (Phi) is 7.66. The lowest BCUT2D eigenvalue weighted by Gasteiger charge is -2.09. The van der Waals surface area contributed by atoms with E-state index in [4.69, 9.17) is 14.4 Å². The summed E-state index contributed by atoms with van der Waals surface area (Å²) in [6, 6.07) is 15.0. The van der Waals surface area contributed by atoms with Crippen molar-refractivity contribution < 1.29 is 19.2 Å². The highest BCUT2D eigenvalue weighted by molar-refractivity contribution is 6.45. The molecule has 3 rings (SSSR count). The zero-order valence-electron chi connectivity index (χ0n) is 17.8. The lowest BCUT2D eigenvalue weighted by atomic mass is 10.0. The van der Waals surface area contributed by atoms with Crippen LogP contribution in [-0.2, 0) is 21.1 Å². The van der Waals surface area contributed by atoms with E-state index in [0.717, 1.165) is 29.7 Å². The number of benzene rings is 2. The van der Waals surface area contributed by atoms with Crippen LogP contribution in [0.5, 0.6) is 5.75 Å². The number of hydrogen-bond donors (Lipinski definition) is 1. The Morgan fingerprint density at radius 1 is 1.13 bits per heavy atom. The fraction of sp³-hybridized carbons (Fsp3) is 0.292. The molecule has 1 saturated carbocycles. The number of carbonyl (C=O) groups excluding carboxylic acids is 1. The molecule has 2 aromatic rings. The molecule has 1 aliphatic carbocycles. The van der Waals surface area contributed by atoms with Gasteiger partial charge in [0.15, 0.2) is 5.71 Å². The Morgan fingerprint density at radius 3 is 2.55 bits per heavy atom. The highest BCUT2D eigenvalue weighted by Gasteiger charge is 2.23. The van der Waals surface area contributed by atoms with Crippen LogP contribution in [0.15, 0.2) is 58.8 Å². The average Bonchev–Trinajstić information content (AvgIpc) is 3.61. The van der Waals surface area contributed by atoms with E-state index < -0.39 is 0 Å². The molecule has 0 aromatic heterocycles. The number of carbonyl (C=O) groups is 1. The van der Waals surface area contributed by atoms with Crippen LogP contribution in [0.25, 0.3) is 0 Å². The summed E-state index contributed by atoms with van der Waals surface area (Å²) in [5, 5.41) is 10.5. The molecule has 0 bridgehead atoms. The molecular formula is C24H25N3O4. The summed E-state index contributed by atoms with van der Waals surface area (Å²) < 4.78 is 5.73. The van der Waals surface area contributed by atoms with Gasteiger partial charge in [-0.1, -0.05) is 40.5 Å². The number of amides is 1. The summed E-state index contributed by atoms with van der Waals surface area (Å²) in [6.07, 6.45) is 2.64. The van der Waals surface area contributed by atoms with Crippen LogP contribution < -0.4 is 10.1 Å². The first kappa shape index (κ1) is 21.9. The summed E-state index contributed by atoms with van der Waals surface area (Å²) in [7, 11) is 2.93. The van der Waals surface area contributed by atoms with Gasteiger partial charge < -0.3 is 19.7 Å². The van der Waals surface area contributed by atoms with Gasteiger partial charge in [0.05, 0.1) is 6.10 Å². The fourth-order valence-electron chi connectivity index (χ4n) is 2.68. The second-order valence-corrected chi connectivity index (χ2v) is 6.90. The van der Waals surface area contributed by atoms with Crippen molar-refractivity contribution >= 4 is 17.3 Å². The van der Waals surface area contributed by atoms with Gasteiger partial charge in [-0.3, -0.25) is 4.79 Å². The van der Waals surface area contributed by atoms with Crippen LogP contribution >= 0.6 is 0 Å². The summed E-state index contributed by atoms with van der Waals surface area (Å²) in [4.78, 5) is 22.4. The third kappa shape index (κ3) is 6.61. The largest absolute Gasteiger partial charge is 0.490 e. The quantitative estimate of drug-likeness (QED) is 0.405. The molecule has 0 atom stereocenters. The standard InChI is InChI=1S/C24H25N3O4/c1-17(8-9-18-10-12-20(13-11-18)31-21-14-15-21)26-30-16-19-6-4-5-7-22(19)23(27-29-3)24(28)25-2/h4-7,10-13,21H,14-16H2,1-3H3,(H,25,28)/b26-17+,27-23+. The van der Waals surface area contributed by atoms with Crippen LogP contribution in [0.4, 0.5) is 0 Å². The van der Waals surface area contributed by atoms with Crippen molar-refractivity contribution in [2.75, 3.05) is 14.2 Å². The third-order valence-electron chi connectivity index (χ3n) is 4.39. The van der Waals surface area contributed by atoms with Gasteiger partial charge in [0.2, 0.25) is 0 Å². The molecule has 7 nitrogen and oxygen atoms in total. The van der Waals surface area contributed by atoms with Crippen molar-refractivity contribution in [1.29, 1.82) is 0 Å². The fourth-order valence-corrected chi connectivity index (χ4v) is 2.68. The lowest BCUT2D eigenvalue weighted by Crippen LogP contribution is -2.29. The van der Waals surface area contributed by atoms with Crippen LogP contribution in [0.1, 0.15) is 36.5 Å². The molecule has 1 amide bonds. The Hall–Kier alpha value is -3.79. The number of rotatable bonds is 8. The molecule has 0 saturated heterocycles. The van der Waals surface area contributed by atoms with Crippen molar-refractivity contribution in [3.05, 3.63) is 65.2 Å². The Bertz CT molecular complexity index is 1030. The maximum absolute atomic E-state index is 12.1.